The Morgan fingerprint density at radius 3 is 2.53 bits per heavy atom. The fraction of sp³-hybridized carbons (Fsp3) is 0.308. The molecule has 3 aromatic rings. The van der Waals surface area contributed by atoms with Crippen molar-refractivity contribution in [3.63, 3.8) is 0 Å². The van der Waals surface area contributed by atoms with Gasteiger partial charge in [0, 0.05) is 68.5 Å². The summed E-state index contributed by atoms with van der Waals surface area (Å²) >= 11 is 0. The number of methoxy groups -OCH3 is 1. The molecule has 0 saturated carbocycles. The normalized spacial score (nSPS) is 17.3. The summed E-state index contributed by atoms with van der Waals surface area (Å²) in [5, 5.41) is 5.51. The van der Waals surface area contributed by atoms with E-state index >= 15 is 0 Å². The van der Waals surface area contributed by atoms with Crippen molar-refractivity contribution in [2.24, 2.45) is 5.10 Å². The van der Waals surface area contributed by atoms with Crippen LogP contribution in [0, 0.1) is 18.6 Å². The fourth-order valence-electron chi connectivity index (χ4n) is 4.78. The van der Waals surface area contributed by atoms with E-state index in [0.29, 0.717) is 49.9 Å². The molecule has 0 radical (unpaired) electrons. The molecule has 196 valence electrons. The number of hydrogen-bond donors (Lipinski definition) is 0. The quantitative estimate of drug-likeness (QED) is 0.382. The molecule has 1 atom stereocenters. The fourth-order valence-corrected chi connectivity index (χ4v) is 4.78. The number of hydrogen-bond acceptors (Lipinski definition) is 6. The van der Waals surface area contributed by atoms with Crippen LogP contribution in [0.5, 0.6) is 0 Å². The van der Waals surface area contributed by atoms with E-state index in [9.17, 15) is 13.6 Å². The van der Waals surface area contributed by atoms with Crippen LogP contribution >= 0.6 is 0 Å². The predicted molar refractivity (Wildman–Crippen MR) is 144 cm³/mol. The first-order chi connectivity index (χ1) is 18.2. The molecule has 1 aromatic carbocycles. The van der Waals surface area contributed by atoms with E-state index < -0.39 is 17.7 Å². The summed E-state index contributed by atoms with van der Waals surface area (Å²) in [5.74, 6) is 0.551. The Kier molecular flexibility index (Phi) is 6.88. The number of nitrogens with zero attached hydrogens (tertiary/aromatic N) is 7. The summed E-state index contributed by atoms with van der Waals surface area (Å²) in [7, 11) is 3.54. The number of amides is 2. The minimum absolute atomic E-state index is 0.299. The molecule has 12 heteroatoms. The second-order valence-corrected chi connectivity index (χ2v) is 9.40. The standard InChI is InChI=1S/C26H28BF2N7O2/c1-16-10-19(17(2)38-3)15-35(16)24-22(27)14-30-25(32-24)33-6-8-34(9-7-33)26(37)36-23(4-5-31-36)18-11-20(28)13-21(29)12-18/h5,10-15,23H,2,4,6-9,27H2,1,3H3. The number of rotatable bonds is 5. The number of aryl methyl sites for hydroxylation is 1. The zero-order chi connectivity index (χ0) is 27.0. The molecule has 2 aliphatic rings. The van der Waals surface area contributed by atoms with Gasteiger partial charge in [0.15, 0.2) is 0 Å². The molecule has 1 fully saturated rings. The van der Waals surface area contributed by atoms with E-state index in [2.05, 4.69) is 16.7 Å². The average Bonchev–Trinajstić information content (AvgIpc) is 3.55. The monoisotopic (exact) mass is 519 g/mol. The molecule has 0 spiro atoms. The Hall–Kier alpha value is -4.22. The zero-order valence-corrected chi connectivity index (χ0v) is 21.6. The second kappa shape index (κ2) is 10.3. The average molecular weight is 519 g/mol. The molecule has 1 unspecified atom stereocenters. The van der Waals surface area contributed by atoms with Gasteiger partial charge in [-0.1, -0.05) is 6.58 Å². The molecule has 0 bridgehead atoms. The highest BCUT2D eigenvalue weighted by Crippen LogP contribution is 2.30. The number of urea groups is 1. The third-order valence-electron chi connectivity index (χ3n) is 6.87. The van der Waals surface area contributed by atoms with E-state index in [1.807, 2.05) is 36.5 Å². The smallest absolute Gasteiger partial charge is 0.341 e. The molecule has 0 N–H and O–H groups in total. The molecule has 9 nitrogen and oxygen atoms in total. The summed E-state index contributed by atoms with van der Waals surface area (Å²) in [6.07, 6.45) is 5.72. The zero-order valence-electron chi connectivity index (χ0n) is 21.6. The highest BCUT2D eigenvalue weighted by molar-refractivity contribution is 6.34. The Bertz CT molecular complexity index is 1400. The van der Waals surface area contributed by atoms with Gasteiger partial charge in [-0.05, 0) is 36.1 Å². The lowest BCUT2D eigenvalue weighted by molar-refractivity contribution is 0.139. The van der Waals surface area contributed by atoms with Gasteiger partial charge in [-0.3, -0.25) is 0 Å². The van der Waals surface area contributed by atoms with Crippen LogP contribution < -0.4 is 10.4 Å². The minimum atomic E-state index is -0.680. The van der Waals surface area contributed by atoms with Crippen molar-refractivity contribution < 1.29 is 18.3 Å². The number of benzene rings is 1. The van der Waals surface area contributed by atoms with Gasteiger partial charge >= 0.3 is 6.03 Å². The van der Waals surface area contributed by atoms with Crippen molar-refractivity contribution in [1.82, 2.24) is 24.4 Å². The Morgan fingerprint density at radius 1 is 1.13 bits per heavy atom. The largest absolute Gasteiger partial charge is 0.497 e. The predicted octanol–water partition coefficient (Wildman–Crippen LogP) is 2.40. The molecule has 0 aliphatic carbocycles. The molecule has 4 heterocycles. The number of hydrazone groups is 1. The SMILES string of the molecule is Bc1cnc(N2CCN(C(=O)N3N=CCC3c3cc(F)cc(F)c3)CC2)nc1-n1cc(C(=C)OC)cc1C. The van der Waals surface area contributed by atoms with Gasteiger partial charge in [0.05, 0.1) is 13.2 Å². The lowest BCUT2D eigenvalue weighted by Crippen LogP contribution is -2.52. The lowest BCUT2D eigenvalue weighted by atomic mass is 9.99. The molecular weight excluding hydrogens is 491 g/mol. The van der Waals surface area contributed by atoms with E-state index in [1.165, 1.54) is 17.1 Å². The number of ether oxygens (including phenoxy) is 1. The minimum Gasteiger partial charge on any atom is -0.497 e. The van der Waals surface area contributed by atoms with Crippen LogP contribution in [0.25, 0.3) is 11.6 Å². The topological polar surface area (TPSA) is 79.1 Å². The maximum atomic E-state index is 13.8. The summed E-state index contributed by atoms with van der Waals surface area (Å²) < 4.78 is 34.8. The van der Waals surface area contributed by atoms with E-state index in [0.717, 1.165) is 28.6 Å². The highest BCUT2D eigenvalue weighted by Gasteiger charge is 2.34. The van der Waals surface area contributed by atoms with Crippen molar-refractivity contribution in [2.45, 2.75) is 19.4 Å². The summed E-state index contributed by atoms with van der Waals surface area (Å²) in [5.41, 5.74) is 3.16. The van der Waals surface area contributed by atoms with Crippen LogP contribution in [0.3, 0.4) is 0 Å². The number of aromatic nitrogens is 3. The third-order valence-corrected chi connectivity index (χ3v) is 6.87. The van der Waals surface area contributed by atoms with Gasteiger partial charge < -0.3 is 19.1 Å². The summed E-state index contributed by atoms with van der Waals surface area (Å²) in [4.78, 5) is 26.4. The van der Waals surface area contributed by atoms with Gasteiger partial charge in [-0.15, -0.1) is 0 Å². The van der Waals surface area contributed by atoms with Crippen molar-refractivity contribution >= 4 is 37.3 Å². The third kappa shape index (κ3) is 4.85. The van der Waals surface area contributed by atoms with Gasteiger partial charge in [0.2, 0.25) is 5.95 Å². The lowest BCUT2D eigenvalue weighted by Gasteiger charge is -2.37. The summed E-state index contributed by atoms with van der Waals surface area (Å²) in [6.45, 7) is 7.84. The number of halogens is 2. The maximum Gasteiger partial charge on any atom is 0.341 e. The number of carbonyl (C=O) groups excluding carboxylic acids is 1. The first-order valence-electron chi connectivity index (χ1n) is 12.3. The molecule has 2 aliphatic heterocycles. The number of anilines is 1. The van der Waals surface area contributed by atoms with E-state index in [-0.39, 0.29) is 6.03 Å². The highest BCUT2D eigenvalue weighted by atomic mass is 19.1. The Labute approximate surface area is 220 Å². The Balaban J connectivity index is 1.29. The van der Waals surface area contributed by atoms with Gasteiger partial charge in [-0.2, -0.15) is 10.1 Å². The summed E-state index contributed by atoms with van der Waals surface area (Å²) in [6, 6.07) is 4.45. The van der Waals surface area contributed by atoms with Crippen LogP contribution in [0.2, 0.25) is 0 Å². The van der Waals surface area contributed by atoms with Gasteiger partial charge in [0.25, 0.3) is 0 Å². The maximum absolute atomic E-state index is 13.8. The van der Waals surface area contributed by atoms with Crippen molar-refractivity contribution in [3.8, 4) is 5.82 Å². The number of piperazine rings is 1. The van der Waals surface area contributed by atoms with Crippen LogP contribution in [0.4, 0.5) is 19.5 Å². The molecule has 2 amide bonds. The first kappa shape index (κ1) is 25.4. The molecule has 2 aromatic heterocycles. The first-order valence-corrected chi connectivity index (χ1v) is 12.3. The van der Waals surface area contributed by atoms with Gasteiger partial charge in [-0.25, -0.2) is 23.6 Å². The molecule has 38 heavy (non-hydrogen) atoms. The van der Waals surface area contributed by atoms with Crippen molar-refractivity contribution in [2.75, 3.05) is 38.2 Å². The van der Waals surface area contributed by atoms with Crippen LogP contribution in [0.1, 0.15) is 29.3 Å². The number of carbonyl (C=O) groups is 1. The van der Waals surface area contributed by atoms with Crippen LogP contribution in [-0.4, -0.2) is 77.8 Å². The van der Waals surface area contributed by atoms with E-state index in [4.69, 9.17) is 9.72 Å². The second-order valence-electron chi connectivity index (χ2n) is 9.40. The van der Waals surface area contributed by atoms with Gasteiger partial charge in [0.1, 0.15) is 31.1 Å². The Morgan fingerprint density at radius 2 is 1.84 bits per heavy atom. The molecule has 5 rings (SSSR count). The van der Waals surface area contributed by atoms with Crippen molar-refractivity contribution in [1.29, 1.82) is 0 Å². The van der Waals surface area contributed by atoms with Crippen LogP contribution in [-0.2, 0) is 4.74 Å². The van der Waals surface area contributed by atoms with Crippen LogP contribution in [0.15, 0.2) is 48.3 Å². The van der Waals surface area contributed by atoms with Crippen molar-refractivity contribution in [3.05, 3.63) is 71.7 Å². The molecule has 1 saturated heterocycles. The van der Waals surface area contributed by atoms with E-state index in [1.54, 1.807) is 24.4 Å². The molecular formula is C26H28BF2N7O2.